The minimum absolute atomic E-state index is 0. The molecule has 0 aliphatic carbocycles. The molecular formula is C21H34IN5O3. The third-order valence-corrected chi connectivity index (χ3v) is 4.65. The Morgan fingerprint density at radius 2 is 1.63 bits per heavy atom. The molecule has 0 aliphatic rings. The van der Waals surface area contributed by atoms with Crippen LogP contribution in [0, 0.1) is 13.8 Å². The van der Waals surface area contributed by atoms with Gasteiger partial charge in [0.25, 0.3) is 0 Å². The van der Waals surface area contributed by atoms with Gasteiger partial charge in [-0.25, -0.2) is 0 Å². The van der Waals surface area contributed by atoms with Crippen molar-refractivity contribution in [2.75, 3.05) is 41.5 Å². The molecule has 0 atom stereocenters. The number of aryl methyl sites for hydroxylation is 3. The maximum Gasteiger partial charge on any atom is 0.190 e. The summed E-state index contributed by atoms with van der Waals surface area (Å²) in [6.07, 6.45) is 1.69. The number of nitrogens with one attached hydrogen (secondary N) is 2. The topological polar surface area (TPSA) is 81.9 Å². The first-order valence-corrected chi connectivity index (χ1v) is 9.76. The third kappa shape index (κ3) is 7.26. The van der Waals surface area contributed by atoms with Crippen LogP contribution < -0.4 is 24.8 Å². The van der Waals surface area contributed by atoms with Crippen LogP contribution in [0.5, 0.6) is 17.2 Å². The van der Waals surface area contributed by atoms with Gasteiger partial charge in [0.2, 0.25) is 0 Å². The molecule has 2 rings (SSSR count). The monoisotopic (exact) mass is 531 g/mol. The lowest BCUT2D eigenvalue weighted by Gasteiger charge is -2.16. The van der Waals surface area contributed by atoms with Crippen LogP contribution in [0.2, 0.25) is 0 Å². The van der Waals surface area contributed by atoms with Crippen molar-refractivity contribution in [2.24, 2.45) is 4.99 Å². The van der Waals surface area contributed by atoms with E-state index < -0.39 is 0 Å². The number of methoxy groups -OCH3 is 3. The summed E-state index contributed by atoms with van der Waals surface area (Å²) in [6, 6.07) is 5.82. The zero-order valence-corrected chi connectivity index (χ0v) is 21.1. The lowest BCUT2D eigenvalue weighted by atomic mass is 10.1. The van der Waals surface area contributed by atoms with Crippen LogP contribution in [-0.2, 0) is 13.0 Å². The minimum Gasteiger partial charge on any atom is -0.496 e. The van der Waals surface area contributed by atoms with Crippen LogP contribution >= 0.6 is 24.0 Å². The van der Waals surface area contributed by atoms with Gasteiger partial charge in [-0.3, -0.25) is 9.67 Å². The minimum atomic E-state index is 0. The van der Waals surface area contributed by atoms with Gasteiger partial charge in [-0.2, -0.15) is 5.10 Å². The van der Waals surface area contributed by atoms with Crippen molar-refractivity contribution in [3.63, 3.8) is 0 Å². The Kier molecular flexibility index (Phi) is 11.4. The van der Waals surface area contributed by atoms with Gasteiger partial charge >= 0.3 is 0 Å². The second kappa shape index (κ2) is 13.2. The molecule has 0 aliphatic heterocycles. The van der Waals surface area contributed by atoms with Gasteiger partial charge in [0, 0.05) is 50.1 Å². The summed E-state index contributed by atoms with van der Waals surface area (Å²) in [5, 5.41) is 11.2. The van der Waals surface area contributed by atoms with E-state index in [9.17, 15) is 0 Å². The van der Waals surface area contributed by atoms with Gasteiger partial charge in [-0.1, -0.05) is 0 Å². The van der Waals surface area contributed by atoms with E-state index in [0.29, 0.717) is 12.3 Å². The number of hydrogen-bond donors (Lipinski definition) is 2. The highest BCUT2D eigenvalue weighted by molar-refractivity contribution is 14.0. The van der Waals surface area contributed by atoms with Gasteiger partial charge in [0.1, 0.15) is 17.2 Å². The molecule has 0 radical (unpaired) electrons. The molecule has 0 unspecified atom stereocenters. The number of aliphatic imine (C=N–C) groups is 1. The standard InChI is InChI=1S/C21H33N5O3.HI/c1-15-12-16(2)26(25-15)11-7-9-23-21(22-3)24-10-8-18-19(28-5)13-17(27-4)14-20(18)29-6;/h12-14H,7-11H2,1-6H3,(H2,22,23,24);1H. The van der Waals surface area contributed by atoms with Crippen molar-refractivity contribution < 1.29 is 14.2 Å². The largest absolute Gasteiger partial charge is 0.496 e. The fraction of sp³-hybridized carbons (Fsp3) is 0.524. The molecule has 1 aromatic heterocycles. The number of aromatic nitrogens is 2. The van der Waals surface area contributed by atoms with Gasteiger partial charge in [-0.05, 0) is 32.8 Å². The van der Waals surface area contributed by atoms with Crippen molar-refractivity contribution in [2.45, 2.75) is 33.2 Å². The Morgan fingerprint density at radius 1 is 1.00 bits per heavy atom. The molecule has 30 heavy (non-hydrogen) atoms. The molecule has 0 fully saturated rings. The molecule has 8 nitrogen and oxygen atoms in total. The SMILES string of the molecule is CN=C(NCCCn1nc(C)cc1C)NCCc1c(OC)cc(OC)cc1OC.I. The molecule has 2 N–H and O–H groups in total. The molecule has 0 saturated carbocycles. The zero-order chi connectivity index (χ0) is 21.2. The fourth-order valence-corrected chi connectivity index (χ4v) is 3.19. The molecule has 9 heteroatoms. The highest BCUT2D eigenvalue weighted by Gasteiger charge is 2.13. The summed E-state index contributed by atoms with van der Waals surface area (Å²) in [5.41, 5.74) is 3.23. The molecule has 0 amide bonds. The normalized spacial score (nSPS) is 10.9. The van der Waals surface area contributed by atoms with Crippen LogP contribution in [0.4, 0.5) is 0 Å². The van der Waals surface area contributed by atoms with E-state index in [4.69, 9.17) is 14.2 Å². The second-order valence-electron chi connectivity index (χ2n) is 6.69. The smallest absolute Gasteiger partial charge is 0.190 e. The summed E-state index contributed by atoms with van der Waals surface area (Å²) >= 11 is 0. The Bertz CT molecular complexity index is 798. The maximum absolute atomic E-state index is 5.51. The average Bonchev–Trinajstić information content (AvgIpc) is 3.06. The van der Waals surface area contributed by atoms with Gasteiger partial charge < -0.3 is 24.8 Å². The summed E-state index contributed by atoms with van der Waals surface area (Å²) in [7, 11) is 6.69. The van der Waals surface area contributed by atoms with Crippen LogP contribution in [0.1, 0.15) is 23.4 Å². The Morgan fingerprint density at radius 3 is 2.13 bits per heavy atom. The first-order valence-electron chi connectivity index (χ1n) is 9.76. The molecule has 0 spiro atoms. The van der Waals surface area contributed by atoms with E-state index >= 15 is 0 Å². The molecular weight excluding hydrogens is 497 g/mol. The molecule has 168 valence electrons. The van der Waals surface area contributed by atoms with Crippen molar-refractivity contribution >= 4 is 29.9 Å². The van der Waals surface area contributed by atoms with E-state index in [1.807, 2.05) is 23.7 Å². The van der Waals surface area contributed by atoms with Gasteiger partial charge in [-0.15, -0.1) is 24.0 Å². The maximum atomic E-state index is 5.51. The van der Waals surface area contributed by atoms with Crippen LogP contribution in [0.3, 0.4) is 0 Å². The second-order valence-corrected chi connectivity index (χ2v) is 6.69. The van der Waals surface area contributed by atoms with Crippen molar-refractivity contribution in [1.29, 1.82) is 0 Å². The summed E-state index contributed by atoms with van der Waals surface area (Å²) < 4.78 is 18.3. The number of nitrogens with zero attached hydrogens (tertiary/aromatic N) is 3. The van der Waals surface area contributed by atoms with E-state index in [1.54, 1.807) is 28.4 Å². The summed E-state index contributed by atoms with van der Waals surface area (Å²) in [4.78, 5) is 4.29. The average molecular weight is 531 g/mol. The molecule has 2 aromatic rings. The first-order chi connectivity index (χ1) is 14.0. The lowest BCUT2D eigenvalue weighted by Crippen LogP contribution is -2.39. The van der Waals surface area contributed by atoms with E-state index in [0.717, 1.165) is 54.6 Å². The lowest BCUT2D eigenvalue weighted by molar-refractivity contribution is 0.368. The summed E-state index contributed by atoms with van der Waals surface area (Å²) in [5.74, 6) is 2.96. The van der Waals surface area contributed by atoms with E-state index in [2.05, 4.69) is 33.7 Å². The predicted molar refractivity (Wildman–Crippen MR) is 131 cm³/mol. The van der Waals surface area contributed by atoms with Gasteiger partial charge in [0.05, 0.1) is 27.0 Å². The Hall–Kier alpha value is -2.17. The quantitative estimate of drug-likeness (QED) is 0.213. The first kappa shape index (κ1) is 25.9. The number of benzene rings is 1. The molecule has 1 aromatic carbocycles. The van der Waals surface area contributed by atoms with E-state index in [-0.39, 0.29) is 24.0 Å². The molecule has 0 saturated heterocycles. The van der Waals surface area contributed by atoms with Crippen LogP contribution in [-0.4, -0.2) is 57.2 Å². The highest BCUT2D eigenvalue weighted by atomic mass is 127. The van der Waals surface area contributed by atoms with Crippen molar-refractivity contribution in [1.82, 2.24) is 20.4 Å². The third-order valence-electron chi connectivity index (χ3n) is 4.65. The Labute approximate surface area is 196 Å². The van der Waals surface area contributed by atoms with Gasteiger partial charge in [0.15, 0.2) is 5.96 Å². The summed E-state index contributed by atoms with van der Waals surface area (Å²) in [6.45, 7) is 6.48. The fourth-order valence-electron chi connectivity index (χ4n) is 3.19. The van der Waals surface area contributed by atoms with Crippen LogP contribution in [0.25, 0.3) is 0 Å². The number of guanidine groups is 1. The van der Waals surface area contributed by atoms with Crippen molar-refractivity contribution in [3.05, 3.63) is 35.2 Å². The number of halogens is 1. The Balaban J connectivity index is 0.00000450. The molecule has 0 bridgehead atoms. The van der Waals surface area contributed by atoms with Crippen molar-refractivity contribution in [3.8, 4) is 17.2 Å². The number of rotatable bonds is 10. The highest BCUT2D eigenvalue weighted by Crippen LogP contribution is 2.34. The predicted octanol–water partition coefficient (Wildman–Crippen LogP) is 2.94. The van der Waals surface area contributed by atoms with Crippen LogP contribution in [0.15, 0.2) is 23.2 Å². The van der Waals surface area contributed by atoms with E-state index in [1.165, 1.54) is 5.69 Å². The molecule has 1 heterocycles. The zero-order valence-electron chi connectivity index (χ0n) is 18.7. The number of ether oxygens (including phenoxy) is 3. The number of hydrogen-bond acceptors (Lipinski definition) is 5.